The fourth-order valence-electron chi connectivity index (χ4n) is 3.96. The highest BCUT2D eigenvalue weighted by atomic mass is 19.4. The van der Waals surface area contributed by atoms with Gasteiger partial charge < -0.3 is 14.4 Å². The molecular formula is C23H22F3N3O2. The number of carbonyl (C=O) groups excluding carboxylic acids is 1. The number of aromatic nitrogens is 1. The second kappa shape index (κ2) is 8.09. The number of anilines is 1. The number of amides is 1. The van der Waals surface area contributed by atoms with Crippen LogP contribution in [0.15, 0.2) is 59.5 Å². The van der Waals surface area contributed by atoms with Gasteiger partial charge in [0.15, 0.2) is 0 Å². The molecule has 31 heavy (non-hydrogen) atoms. The number of carbonyl (C=O) groups is 1. The van der Waals surface area contributed by atoms with E-state index < -0.39 is 23.1 Å². The molecule has 0 bridgehead atoms. The minimum Gasteiger partial charge on any atom is -0.368 e. The Morgan fingerprint density at radius 1 is 1.00 bits per heavy atom. The van der Waals surface area contributed by atoms with Crippen molar-refractivity contribution in [2.45, 2.75) is 19.6 Å². The zero-order valence-corrected chi connectivity index (χ0v) is 17.0. The SMILES string of the molecule is CCn1cc(C(=O)N2CCN(c3ccccc3)CC2)c(=O)c2cc(C(F)(F)F)ccc21. The van der Waals surface area contributed by atoms with Gasteiger partial charge in [0.25, 0.3) is 5.91 Å². The fourth-order valence-corrected chi connectivity index (χ4v) is 3.96. The van der Waals surface area contributed by atoms with Crippen LogP contribution < -0.4 is 10.3 Å². The van der Waals surface area contributed by atoms with Crippen LogP contribution in [-0.4, -0.2) is 41.6 Å². The van der Waals surface area contributed by atoms with Gasteiger partial charge >= 0.3 is 6.18 Å². The van der Waals surface area contributed by atoms with Gasteiger partial charge in [0.2, 0.25) is 5.43 Å². The number of halogens is 3. The van der Waals surface area contributed by atoms with Gasteiger partial charge in [0.1, 0.15) is 5.56 Å². The van der Waals surface area contributed by atoms with Crippen molar-refractivity contribution in [2.24, 2.45) is 0 Å². The second-order valence-corrected chi connectivity index (χ2v) is 7.50. The zero-order valence-electron chi connectivity index (χ0n) is 17.0. The third kappa shape index (κ3) is 4.02. The number of benzene rings is 2. The Hall–Kier alpha value is -3.29. The fraction of sp³-hybridized carbons (Fsp3) is 0.304. The number of hydrogen-bond donors (Lipinski definition) is 0. The lowest BCUT2D eigenvalue weighted by atomic mass is 10.1. The van der Waals surface area contributed by atoms with Gasteiger partial charge in [-0.2, -0.15) is 13.2 Å². The Morgan fingerprint density at radius 2 is 1.68 bits per heavy atom. The molecule has 1 aliphatic heterocycles. The summed E-state index contributed by atoms with van der Waals surface area (Å²) in [5.74, 6) is -0.445. The summed E-state index contributed by atoms with van der Waals surface area (Å²) >= 11 is 0. The van der Waals surface area contributed by atoms with E-state index in [1.165, 1.54) is 12.3 Å². The van der Waals surface area contributed by atoms with Crippen molar-refractivity contribution >= 4 is 22.5 Å². The van der Waals surface area contributed by atoms with E-state index in [-0.39, 0.29) is 10.9 Å². The van der Waals surface area contributed by atoms with Crippen LogP contribution in [0.25, 0.3) is 10.9 Å². The van der Waals surface area contributed by atoms with Crippen LogP contribution in [0.5, 0.6) is 0 Å². The molecule has 0 N–H and O–H groups in total. The molecule has 0 atom stereocenters. The topological polar surface area (TPSA) is 45.6 Å². The van der Waals surface area contributed by atoms with Gasteiger partial charge in [-0.25, -0.2) is 0 Å². The predicted molar refractivity (Wildman–Crippen MR) is 113 cm³/mol. The second-order valence-electron chi connectivity index (χ2n) is 7.50. The highest BCUT2D eigenvalue weighted by Gasteiger charge is 2.31. The summed E-state index contributed by atoms with van der Waals surface area (Å²) in [6.45, 7) is 4.32. The smallest absolute Gasteiger partial charge is 0.368 e. The maximum absolute atomic E-state index is 13.2. The molecule has 1 aliphatic rings. The lowest BCUT2D eigenvalue weighted by Crippen LogP contribution is -2.49. The molecule has 2 heterocycles. The van der Waals surface area contributed by atoms with Gasteiger partial charge in [-0.15, -0.1) is 0 Å². The number of rotatable bonds is 3. The van der Waals surface area contributed by atoms with Crippen LogP contribution in [-0.2, 0) is 12.7 Å². The summed E-state index contributed by atoms with van der Waals surface area (Å²) in [7, 11) is 0. The average molecular weight is 429 g/mol. The van der Waals surface area contributed by atoms with E-state index in [1.54, 1.807) is 9.47 Å². The van der Waals surface area contributed by atoms with E-state index in [4.69, 9.17) is 0 Å². The van der Waals surface area contributed by atoms with Crippen LogP contribution in [0.4, 0.5) is 18.9 Å². The third-order valence-electron chi connectivity index (χ3n) is 5.67. The highest BCUT2D eigenvalue weighted by molar-refractivity contribution is 5.97. The standard InChI is InChI=1S/C23H22F3N3O2/c1-2-27-15-19(21(30)18-14-16(23(24,25)26)8-9-20(18)27)22(31)29-12-10-28(11-13-29)17-6-4-3-5-7-17/h3-9,14-15H,2,10-13H2,1H3. The molecule has 162 valence electrons. The van der Waals surface area contributed by atoms with Crippen molar-refractivity contribution in [3.05, 3.63) is 76.1 Å². The number of piperazine rings is 1. The van der Waals surface area contributed by atoms with E-state index in [0.29, 0.717) is 38.2 Å². The Kier molecular flexibility index (Phi) is 5.47. The minimum absolute atomic E-state index is 0.0922. The quantitative estimate of drug-likeness (QED) is 0.632. The molecular weight excluding hydrogens is 407 g/mol. The zero-order chi connectivity index (χ0) is 22.2. The molecule has 0 spiro atoms. The van der Waals surface area contributed by atoms with Gasteiger partial charge in [0.05, 0.1) is 11.1 Å². The monoisotopic (exact) mass is 429 g/mol. The van der Waals surface area contributed by atoms with E-state index in [2.05, 4.69) is 4.90 Å². The summed E-state index contributed by atoms with van der Waals surface area (Å²) < 4.78 is 41.1. The molecule has 1 saturated heterocycles. The summed E-state index contributed by atoms with van der Waals surface area (Å²) in [5, 5.41) is -0.0922. The number of para-hydroxylation sites is 1. The van der Waals surface area contributed by atoms with Gasteiger partial charge in [-0.1, -0.05) is 18.2 Å². The number of fused-ring (bicyclic) bond motifs is 1. The molecule has 5 nitrogen and oxygen atoms in total. The first-order chi connectivity index (χ1) is 14.8. The summed E-state index contributed by atoms with van der Waals surface area (Å²) in [4.78, 5) is 29.9. The number of pyridine rings is 1. The lowest BCUT2D eigenvalue weighted by molar-refractivity contribution is -0.137. The molecule has 1 aromatic heterocycles. The summed E-state index contributed by atoms with van der Waals surface area (Å²) in [6.07, 6.45) is -3.10. The maximum Gasteiger partial charge on any atom is 0.416 e. The van der Waals surface area contributed by atoms with Crippen LogP contribution in [0.3, 0.4) is 0 Å². The summed E-state index contributed by atoms with van der Waals surface area (Å²) in [6, 6.07) is 12.9. The molecule has 0 saturated carbocycles. The van der Waals surface area contributed by atoms with Crippen molar-refractivity contribution < 1.29 is 18.0 Å². The normalized spacial score (nSPS) is 14.8. The molecule has 0 radical (unpaired) electrons. The first-order valence-electron chi connectivity index (χ1n) is 10.1. The first kappa shape index (κ1) is 21.0. The van der Waals surface area contributed by atoms with Crippen molar-refractivity contribution in [3.8, 4) is 0 Å². The number of hydrogen-bond acceptors (Lipinski definition) is 3. The molecule has 1 amide bonds. The molecule has 3 aromatic rings. The maximum atomic E-state index is 13.2. The molecule has 0 aliphatic carbocycles. The molecule has 2 aromatic carbocycles. The Morgan fingerprint density at radius 3 is 2.29 bits per heavy atom. The average Bonchev–Trinajstić information content (AvgIpc) is 2.79. The van der Waals surface area contributed by atoms with E-state index in [0.717, 1.165) is 17.8 Å². The van der Waals surface area contributed by atoms with Crippen molar-refractivity contribution in [1.29, 1.82) is 0 Å². The highest BCUT2D eigenvalue weighted by Crippen LogP contribution is 2.31. The number of alkyl halides is 3. The molecule has 0 unspecified atom stereocenters. The third-order valence-corrected chi connectivity index (χ3v) is 5.67. The molecule has 1 fully saturated rings. The predicted octanol–water partition coefficient (Wildman–Crippen LogP) is 4.00. The van der Waals surface area contributed by atoms with Gasteiger partial charge in [0, 0.05) is 50.0 Å². The number of aryl methyl sites for hydroxylation is 1. The van der Waals surface area contributed by atoms with Crippen LogP contribution >= 0.6 is 0 Å². The largest absolute Gasteiger partial charge is 0.416 e. The van der Waals surface area contributed by atoms with Crippen LogP contribution in [0.1, 0.15) is 22.8 Å². The first-order valence-corrected chi connectivity index (χ1v) is 10.1. The lowest BCUT2D eigenvalue weighted by Gasteiger charge is -2.36. The van der Waals surface area contributed by atoms with Crippen LogP contribution in [0.2, 0.25) is 0 Å². The van der Waals surface area contributed by atoms with E-state index in [1.807, 2.05) is 37.3 Å². The van der Waals surface area contributed by atoms with E-state index in [9.17, 15) is 22.8 Å². The van der Waals surface area contributed by atoms with E-state index >= 15 is 0 Å². The van der Waals surface area contributed by atoms with Crippen molar-refractivity contribution in [1.82, 2.24) is 9.47 Å². The Balaban J connectivity index is 1.65. The minimum atomic E-state index is -4.56. The molecule has 4 rings (SSSR count). The van der Waals surface area contributed by atoms with Crippen molar-refractivity contribution in [3.63, 3.8) is 0 Å². The summed E-state index contributed by atoms with van der Waals surface area (Å²) in [5.41, 5.74) is -0.219. The van der Waals surface area contributed by atoms with Gasteiger partial charge in [-0.05, 0) is 37.3 Å². The van der Waals surface area contributed by atoms with Crippen molar-refractivity contribution in [2.75, 3.05) is 31.1 Å². The molecule has 8 heteroatoms. The Labute approximate surface area is 177 Å². The van der Waals surface area contributed by atoms with Crippen LogP contribution in [0, 0.1) is 0 Å². The number of nitrogens with zero attached hydrogens (tertiary/aromatic N) is 3. The van der Waals surface area contributed by atoms with Gasteiger partial charge in [-0.3, -0.25) is 9.59 Å². The Bertz CT molecular complexity index is 1160.